The topological polar surface area (TPSA) is 64.4 Å². The van der Waals surface area contributed by atoms with Gasteiger partial charge in [-0.1, -0.05) is 36.4 Å². The van der Waals surface area contributed by atoms with Crippen molar-refractivity contribution in [2.45, 2.75) is 13.8 Å². The van der Waals surface area contributed by atoms with Crippen LogP contribution < -0.4 is 10.1 Å². The van der Waals surface area contributed by atoms with Gasteiger partial charge in [0, 0.05) is 34.9 Å². The molecule has 0 saturated heterocycles. The van der Waals surface area contributed by atoms with Crippen molar-refractivity contribution >= 4 is 28.3 Å². The molecular formula is C25H22N2O3. The Labute approximate surface area is 175 Å². The van der Waals surface area contributed by atoms with Crippen LogP contribution in [-0.2, 0) is 4.79 Å². The first kappa shape index (κ1) is 19.5. The minimum absolute atomic E-state index is 0.246. The van der Waals surface area contributed by atoms with Crippen LogP contribution in [0.25, 0.3) is 27.7 Å². The van der Waals surface area contributed by atoms with Crippen LogP contribution >= 0.6 is 0 Å². The molecule has 2 heterocycles. The van der Waals surface area contributed by atoms with Gasteiger partial charge in [-0.15, -0.1) is 0 Å². The highest BCUT2D eigenvalue weighted by atomic mass is 16.5. The molecule has 0 fully saturated rings. The van der Waals surface area contributed by atoms with Crippen molar-refractivity contribution in [3.63, 3.8) is 0 Å². The lowest BCUT2D eigenvalue weighted by Gasteiger charge is -2.12. The number of hydrogen-bond donors (Lipinski definition) is 1. The summed E-state index contributed by atoms with van der Waals surface area (Å²) in [6, 6.07) is 19.3. The third kappa shape index (κ3) is 4.10. The number of fused-ring (bicyclic) bond motifs is 1. The molecule has 0 aliphatic carbocycles. The van der Waals surface area contributed by atoms with Crippen LogP contribution in [0.2, 0.25) is 0 Å². The summed E-state index contributed by atoms with van der Waals surface area (Å²) >= 11 is 0. The van der Waals surface area contributed by atoms with Gasteiger partial charge < -0.3 is 14.5 Å². The smallest absolute Gasteiger partial charge is 0.249 e. The van der Waals surface area contributed by atoms with Crippen molar-refractivity contribution in [2.24, 2.45) is 0 Å². The van der Waals surface area contributed by atoms with Crippen LogP contribution in [0.1, 0.15) is 19.4 Å². The molecule has 0 aliphatic rings. The minimum atomic E-state index is -0.246. The molecule has 0 bridgehead atoms. The van der Waals surface area contributed by atoms with E-state index in [-0.39, 0.29) is 5.91 Å². The predicted molar refractivity (Wildman–Crippen MR) is 119 cm³/mol. The second-order valence-electron chi connectivity index (χ2n) is 6.82. The van der Waals surface area contributed by atoms with E-state index < -0.39 is 0 Å². The first-order valence-electron chi connectivity index (χ1n) is 9.80. The molecule has 0 atom stereocenters. The van der Waals surface area contributed by atoms with Crippen molar-refractivity contribution in [3.8, 4) is 16.9 Å². The molecule has 1 amide bonds. The van der Waals surface area contributed by atoms with Crippen LogP contribution in [-0.4, -0.2) is 17.5 Å². The van der Waals surface area contributed by atoms with Crippen molar-refractivity contribution in [1.82, 2.24) is 4.98 Å². The number of hydrogen-bond acceptors (Lipinski definition) is 4. The number of rotatable bonds is 6. The van der Waals surface area contributed by atoms with Gasteiger partial charge in [-0.05, 0) is 43.2 Å². The summed E-state index contributed by atoms with van der Waals surface area (Å²) in [6.07, 6.45) is 4.95. The Morgan fingerprint density at radius 3 is 2.67 bits per heavy atom. The number of benzene rings is 2. The van der Waals surface area contributed by atoms with Gasteiger partial charge in [0.2, 0.25) is 5.91 Å². The predicted octanol–water partition coefficient (Wildman–Crippen LogP) is 5.94. The van der Waals surface area contributed by atoms with Gasteiger partial charge in [-0.25, -0.2) is 4.98 Å². The second-order valence-corrected chi connectivity index (χ2v) is 6.82. The van der Waals surface area contributed by atoms with E-state index in [1.807, 2.05) is 62.4 Å². The molecule has 0 aliphatic heterocycles. The number of carbonyl (C=O) groups is 1. The lowest BCUT2D eigenvalue weighted by Crippen LogP contribution is -2.09. The summed E-state index contributed by atoms with van der Waals surface area (Å²) in [7, 11) is 0. The molecule has 4 rings (SSSR count). The molecule has 5 nitrogen and oxygen atoms in total. The standard InChI is InChI=1S/C25H22N2O3/c1-3-29-22-15-23-20(21(16-30-23)18-9-5-4-6-10-18)14-19(22)17(2)13-25(28)27-24-11-7-8-12-26-24/h4-16H,3H2,1-2H3,(H,26,27,28)/b17-13+. The lowest BCUT2D eigenvalue weighted by molar-refractivity contribution is -0.111. The largest absolute Gasteiger partial charge is 0.493 e. The molecule has 30 heavy (non-hydrogen) atoms. The second kappa shape index (κ2) is 8.66. The zero-order valence-electron chi connectivity index (χ0n) is 16.9. The zero-order chi connectivity index (χ0) is 20.9. The molecule has 0 radical (unpaired) electrons. The molecule has 2 aromatic carbocycles. The number of allylic oxidation sites excluding steroid dienone is 1. The summed E-state index contributed by atoms with van der Waals surface area (Å²) < 4.78 is 11.6. The highest BCUT2D eigenvalue weighted by molar-refractivity contribution is 6.05. The maximum absolute atomic E-state index is 12.5. The van der Waals surface area contributed by atoms with Gasteiger partial charge in [0.15, 0.2) is 0 Å². The molecule has 1 N–H and O–H groups in total. The van der Waals surface area contributed by atoms with E-state index in [1.54, 1.807) is 30.7 Å². The van der Waals surface area contributed by atoms with Gasteiger partial charge >= 0.3 is 0 Å². The van der Waals surface area contributed by atoms with Crippen LogP contribution in [0, 0.1) is 0 Å². The molecular weight excluding hydrogens is 376 g/mol. The van der Waals surface area contributed by atoms with Crippen LogP contribution in [0.4, 0.5) is 5.82 Å². The quantitative estimate of drug-likeness (QED) is 0.409. The van der Waals surface area contributed by atoms with E-state index in [4.69, 9.17) is 9.15 Å². The fourth-order valence-corrected chi connectivity index (χ4v) is 3.35. The van der Waals surface area contributed by atoms with E-state index in [0.29, 0.717) is 18.2 Å². The first-order chi connectivity index (χ1) is 14.7. The van der Waals surface area contributed by atoms with E-state index >= 15 is 0 Å². The summed E-state index contributed by atoms with van der Waals surface area (Å²) in [5, 5.41) is 3.75. The van der Waals surface area contributed by atoms with Gasteiger partial charge in [0.25, 0.3) is 0 Å². The van der Waals surface area contributed by atoms with Gasteiger partial charge in [0.1, 0.15) is 17.2 Å². The van der Waals surface area contributed by atoms with Crippen molar-refractivity contribution < 1.29 is 13.9 Å². The number of pyridine rings is 1. The zero-order valence-corrected chi connectivity index (χ0v) is 16.9. The summed E-state index contributed by atoms with van der Waals surface area (Å²) in [4.78, 5) is 16.6. The lowest BCUT2D eigenvalue weighted by atomic mass is 9.99. The monoisotopic (exact) mass is 398 g/mol. The van der Waals surface area contributed by atoms with Crippen LogP contribution in [0.15, 0.2) is 83.6 Å². The molecule has 0 saturated carbocycles. The van der Waals surface area contributed by atoms with Crippen molar-refractivity contribution in [2.75, 3.05) is 11.9 Å². The third-order valence-electron chi connectivity index (χ3n) is 4.75. The number of furan rings is 1. The normalized spacial score (nSPS) is 11.5. The van der Waals surface area contributed by atoms with Crippen LogP contribution in [0.5, 0.6) is 5.75 Å². The fraction of sp³-hybridized carbons (Fsp3) is 0.120. The number of nitrogens with zero attached hydrogens (tertiary/aromatic N) is 1. The molecule has 5 heteroatoms. The van der Waals surface area contributed by atoms with Crippen molar-refractivity contribution in [3.05, 3.63) is 84.8 Å². The Morgan fingerprint density at radius 2 is 1.93 bits per heavy atom. The number of carbonyl (C=O) groups excluding carboxylic acids is 1. The Hall–Kier alpha value is -3.86. The summed E-state index contributed by atoms with van der Waals surface area (Å²) in [6.45, 7) is 4.33. The van der Waals surface area contributed by atoms with Gasteiger partial charge in [-0.2, -0.15) is 0 Å². The highest BCUT2D eigenvalue weighted by Gasteiger charge is 2.15. The van der Waals surface area contributed by atoms with E-state index in [9.17, 15) is 4.79 Å². The van der Waals surface area contributed by atoms with Gasteiger partial charge in [0.05, 0.1) is 12.9 Å². The summed E-state index contributed by atoms with van der Waals surface area (Å²) in [5.74, 6) is 0.941. The molecule has 2 aromatic heterocycles. The van der Waals surface area contributed by atoms with Gasteiger partial charge in [-0.3, -0.25) is 4.79 Å². The minimum Gasteiger partial charge on any atom is -0.493 e. The van der Waals surface area contributed by atoms with E-state index in [2.05, 4.69) is 10.3 Å². The van der Waals surface area contributed by atoms with Crippen LogP contribution in [0.3, 0.4) is 0 Å². The third-order valence-corrected chi connectivity index (χ3v) is 4.75. The number of anilines is 1. The maximum Gasteiger partial charge on any atom is 0.249 e. The molecule has 4 aromatic rings. The number of nitrogens with one attached hydrogen (secondary N) is 1. The molecule has 150 valence electrons. The Bertz CT molecular complexity index is 1200. The summed E-state index contributed by atoms with van der Waals surface area (Å²) in [5.41, 5.74) is 4.45. The SMILES string of the molecule is CCOc1cc2occ(-c3ccccc3)c2cc1/C(C)=C/C(=O)Nc1ccccn1. The Balaban J connectivity index is 1.74. The number of ether oxygens (including phenoxy) is 1. The molecule has 0 spiro atoms. The number of amides is 1. The number of aromatic nitrogens is 1. The molecule has 0 unspecified atom stereocenters. The maximum atomic E-state index is 12.5. The first-order valence-corrected chi connectivity index (χ1v) is 9.80. The average molecular weight is 398 g/mol. The Morgan fingerprint density at radius 1 is 1.13 bits per heavy atom. The average Bonchev–Trinajstić information content (AvgIpc) is 3.17. The van der Waals surface area contributed by atoms with E-state index in [1.165, 1.54) is 0 Å². The van der Waals surface area contributed by atoms with E-state index in [0.717, 1.165) is 33.2 Å². The van der Waals surface area contributed by atoms with Crippen molar-refractivity contribution in [1.29, 1.82) is 0 Å². The Kier molecular flexibility index (Phi) is 5.61. The highest BCUT2D eigenvalue weighted by Crippen LogP contribution is 2.37. The fourth-order valence-electron chi connectivity index (χ4n) is 3.35.